The number of sulfonamides is 1. The molecule has 0 aliphatic carbocycles. The number of ether oxygens (including phenoxy) is 3. The lowest BCUT2D eigenvalue weighted by Crippen LogP contribution is -2.53. The van der Waals surface area contributed by atoms with Crippen molar-refractivity contribution in [2.75, 3.05) is 19.5 Å². The summed E-state index contributed by atoms with van der Waals surface area (Å²) >= 11 is 0. The second-order valence-electron chi connectivity index (χ2n) is 11.4. The SMILES string of the molecule is CCCOc1cc(-c2ccc(OC(COC(N)=O)(C[C@@H](O)c3ccccc3)C(C)(C)C)cc2)ccc1C(=O)NS(C)(=O)=O. The Labute approximate surface area is 253 Å². The highest BCUT2D eigenvalue weighted by atomic mass is 32.2. The first-order chi connectivity index (χ1) is 20.1. The van der Waals surface area contributed by atoms with Crippen molar-refractivity contribution in [2.24, 2.45) is 11.1 Å². The van der Waals surface area contributed by atoms with Gasteiger partial charge in [0, 0.05) is 11.8 Å². The summed E-state index contributed by atoms with van der Waals surface area (Å²) in [6.07, 6.45) is -0.137. The van der Waals surface area contributed by atoms with Crippen LogP contribution in [0.3, 0.4) is 0 Å². The molecule has 11 heteroatoms. The highest BCUT2D eigenvalue weighted by Crippen LogP contribution is 2.42. The first kappa shape index (κ1) is 33.4. The van der Waals surface area contributed by atoms with Gasteiger partial charge in [-0.2, -0.15) is 0 Å². The first-order valence-corrected chi connectivity index (χ1v) is 15.8. The largest absolute Gasteiger partial charge is 0.493 e. The Morgan fingerprint density at radius 2 is 1.60 bits per heavy atom. The van der Waals surface area contributed by atoms with E-state index < -0.39 is 39.1 Å². The van der Waals surface area contributed by atoms with Crippen LogP contribution in [0, 0.1) is 5.41 Å². The van der Waals surface area contributed by atoms with Crippen LogP contribution in [0.1, 0.15) is 62.6 Å². The molecule has 3 aromatic carbocycles. The molecule has 0 aliphatic heterocycles. The molecule has 232 valence electrons. The van der Waals surface area contributed by atoms with Crippen LogP contribution in [0.5, 0.6) is 11.5 Å². The minimum Gasteiger partial charge on any atom is -0.493 e. The Bertz CT molecular complexity index is 1500. The first-order valence-electron chi connectivity index (χ1n) is 13.9. The second kappa shape index (κ2) is 13.9. The lowest BCUT2D eigenvalue weighted by atomic mass is 9.72. The van der Waals surface area contributed by atoms with Crippen LogP contribution < -0.4 is 19.9 Å². The van der Waals surface area contributed by atoms with E-state index in [9.17, 15) is 23.1 Å². The highest BCUT2D eigenvalue weighted by Gasteiger charge is 2.47. The van der Waals surface area contributed by atoms with Crippen molar-refractivity contribution < 1.29 is 37.3 Å². The maximum Gasteiger partial charge on any atom is 0.404 e. The van der Waals surface area contributed by atoms with E-state index >= 15 is 0 Å². The van der Waals surface area contributed by atoms with E-state index in [2.05, 4.69) is 0 Å². The van der Waals surface area contributed by atoms with Gasteiger partial charge in [0.05, 0.1) is 24.5 Å². The molecule has 3 rings (SSSR count). The van der Waals surface area contributed by atoms with Gasteiger partial charge in [0.25, 0.3) is 5.91 Å². The Balaban J connectivity index is 1.94. The smallest absolute Gasteiger partial charge is 0.404 e. The summed E-state index contributed by atoms with van der Waals surface area (Å²) < 4.78 is 42.8. The van der Waals surface area contributed by atoms with Crippen LogP contribution in [0.4, 0.5) is 4.79 Å². The van der Waals surface area contributed by atoms with Crippen molar-refractivity contribution in [3.05, 3.63) is 83.9 Å². The van der Waals surface area contributed by atoms with Gasteiger partial charge in [-0.3, -0.25) is 4.79 Å². The molecule has 0 fully saturated rings. The summed E-state index contributed by atoms with van der Waals surface area (Å²) in [4.78, 5) is 24.2. The van der Waals surface area contributed by atoms with E-state index in [1.54, 1.807) is 24.3 Å². The normalized spacial score (nSPS) is 13.8. The molecule has 0 radical (unpaired) electrons. The van der Waals surface area contributed by atoms with Crippen LogP contribution in [0.15, 0.2) is 72.8 Å². The lowest BCUT2D eigenvalue weighted by Gasteiger charge is -2.45. The van der Waals surface area contributed by atoms with Gasteiger partial charge in [-0.25, -0.2) is 17.9 Å². The molecule has 0 saturated carbocycles. The topological polar surface area (TPSA) is 154 Å². The van der Waals surface area contributed by atoms with Gasteiger partial charge < -0.3 is 25.1 Å². The lowest BCUT2D eigenvalue weighted by molar-refractivity contribution is -0.101. The zero-order valence-corrected chi connectivity index (χ0v) is 25.9. The Morgan fingerprint density at radius 3 is 2.16 bits per heavy atom. The Morgan fingerprint density at radius 1 is 0.977 bits per heavy atom. The van der Waals surface area contributed by atoms with Gasteiger partial charge in [-0.15, -0.1) is 0 Å². The summed E-state index contributed by atoms with van der Waals surface area (Å²) in [5.74, 6) is -0.0528. The van der Waals surface area contributed by atoms with Crippen LogP contribution in [0.25, 0.3) is 11.1 Å². The van der Waals surface area contributed by atoms with Gasteiger partial charge in [-0.1, -0.05) is 76.2 Å². The highest BCUT2D eigenvalue weighted by molar-refractivity contribution is 7.89. The fourth-order valence-corrected chi connectivity index (χ4v) is 4.93. The summed E-state index contributed by atoms with van der Waals surface area (Å²) in [6, 6.07) is 21.2. The molecule has 0 heterocycles. The third-order valence-electron chi connectivity index (χ3n) is 6.99. The van der Waals surface area contributed by atoms with Crippen molar-refractivity contribution >= 4 is 22.0 Å². The molecule has 0 bridgehead atoms. The zero-order chi connectivity index (χ0) is 31.8. The monoisotopic (exact) mass is 612 g/mol. The molecule has 0 aliphatic rings. The maximum atomic E-state index is 12.6. The fraction of sp³-hybridized carbons (Fsp3) is 0.375. The molecule has 10 nitrogen and oxygen atoms in total. The van der Waals surface area contributed by atoms with Crippen LogP contribution in [-0.4, -0.2) is 50.6 Å². The number of nitrogens with one attached hydrogen (secondary N) is 1. The third kappa shape index (κ3) is 9.20. The van der Waals surface area contributed by atoms with E-state index in [4.69, 9.17) is 19.9 Å². The number of aliphatic hydroxyl groups excluding tert-OH is 1. The average molecular weight is 613 g/mol. The van der Waals surface area contributed by atoms with E-state index in [1.165, 1.54) is 6.07 Å². The average Bonchev–Trinajstić information content (AvgIpc) is 2.94. The molecular formula is C32H40N2O8S. The van der Waals surface area contributed by atoms with Crippen molar-refractivity contribution in [3.63, 3.8) is 0 Å². The van der Waals surface area contributed by atoms with Crippen molar-refractivity contribution in [2.45, 2.75) is 52.2 Å². The second-order valence-corrected chi connectivity index (χ2v) is 13.1. The molecule has 43 heavy (non-hydrogen) atoms. The number of hydrogen-bond donors (Lipinski definition) is 3. The summed E-state index contributed by atoms with van der Waals surface area (Å²) in [6.45, 7) is 7.87. The molecule has 4 N–H and O–H groups in total. The van der Waals surface area contributed by atoms with E-state index in [0.717, 1.165) is 17.4 Å². The van der Waals surface area contributed by atoms with Crippen LogP contribution in [0.2, 0.25) is 0 Å². The minimum absolute atomic E-state index is 0.101. The molecule has 3 aromatic rings. The van der Waals surface area contributed by atoms with Gasteiger partial charge in [0.2, 0.25) is 10.0 Å². The number of benzene rings is 3. The van der Waals surface area contributed by atoms with Crippen LogP contribution >= 0.6 is 0 Å². The predicted octanol–water partition coefficient (Wildman–Crippen LogP) is 5.21. The maximum absolute atomic E-state index is 12.6. The molecule has 0 aromatic heterocycles. The summed E-state index contributed by atoms with van der Waals surface area (Å²) in [7, 11) is -3.75. The predicted molar refractivity (Wildman–Crippen MR) is 164 cm³/mol. The number of amides is 2. The number of hydrogen-bond acceptors (Lipinski definition) is 8. The fourth-order valence-electron chi connectivity index (χ4n) is 4.48. The van der Waals surface area contributed by atoms with Gasteiger partial charge in [-0.05, 0) is 47.4 Å². The molecular weight excluding hydrogens is 572 g/mol. The van der Waals surface area contributed by atoms with Crippen molar-refractivity contribution in [3.8, 4) is 22.6 Å². The number of aliphatic hydroxyl groups is 1. The quantitative estimate of drug-likeness (QED) is 0.238. The van der Waals surface area contributed by atoms with E-state index in [0.29, 0.717) is 24.3 Å². The minimum atomic E-state index is -3.75. The number of primary amides is 1. The number of carbonyl (C=O) groups is 2. The summed E-state index contributed by atoms with van der Waals surface area (Å²) in [5, 5.41) is 11.1. The Hall–Kier alpha value is -4.09. The number of nitrogens with two attached hydrogens (primary N) is 1. The van der Waals surface area contributed by atoms with Crippen molar-refractivity contribution in [1.29, 1.82) is 0 Å². The molecule has 2 atom stereocenters. The van der Waals surface area contributed by atoms with Gasteiger partial charge in [0.1, 0.15) is 18.1 Å². The third-order valence-corrected chi connectivity index (χ3v) is 7.54. The molecule has 0 saturated heterocycles. The molecule has 2 amide bonds. The van der Waals surface area contributed by atoms with E-state index in [-0.39, 0.29) is 24.3 Å². The van der Waals surface area contributed by atoms with Crippen LogP contribution in [-0.2, 0) is 14.8 Å². The number of rotatable bonds is 13. The van der Waals surface area contributed by atoms with Crippen molar-refractivity contribution in [1.82, 2.24) is 4.72 Å². The zero-order valence-electron chi connectivity index (χ0n) is 25.1. The molecule has 1 unspecified atom stereocenters. The standard InChI is InChI=1S/C32H40N2O8S/c1-6-18-40-28-19-24(14-17-26(28)29(36)34-43(5,38)39)22-12-15-25(16-13-22)42-32(31(2,3)4,21-41-30(33)37)20-27(35)23-10-8-7-9-11-23/h7-17,19,27,35H,6,18,20-21H2,1-5H3,(H2,33,37)(H,34,36)/t27-,32?/m1/s1. The van der Waals surface area contributed by atoms with Gasteiger partial charge in [0.15, 0.2) is 5.60 Å². The summed E-state index contributed by atoms with van der Waals surface area (Å²) in [5.41, 5.74) is 5.86. The van der Waals surface area contributed by atoms with E-state index in [1.807, 2.05) is 74.9 Å². The Kier molecular flexibility index (Phi) is 10.8. The van der Waals surface area contributed by atoms with Gasteiger partial charge >= 0.3 is 6.09 Å². The molecule has 0 spiro atoms. The number of carbonyl (C=O) groups excluding carboxylic acids is 2.